The fraction of sp³-hybridized carbons (Fsp3) is 0.640. The van der Waals surface area contributed by atoms with Crippen molar-refractivity contribution in [2.24, 2.45) is 11.8 Å². The fourth-order valence-electron chi connectivity index (χ4n) is 4.79. The molecule has 1 aliphatic heterocycles. The predicted molar refractivity (Wildman–Crippen MR) is 125 cm³/mol. The van der Waals surface area contributed by atoms with Gasteiger partial charge in [-0.1, -0.05) is 12.8 Å². The van der Waals surface area contributed by atoms with Crippen molar-refractivity contribution in [1.82, 2.24) is 15.5 Å². The Bertz CT molecular complexity index is 784. The van der Waals surface area contributed by atoms with Gasteiger partial charge in [-0.3, -0.25) is 14.4 Å². The number of carbonyl (C=O) groups is 3. The van der Waals surface area contributed by atoms with Crippen LogP contribution in [0.5, 0.6) is 5.75 Å². The van der Waals surface area contributed by atoms with Gasteiger partial charge >= 0.3 is 0 Å². The number of methoxy groups -OCH3 is 2. The Hall–Kier alpha value is -2.61. The molecule has 1 saturated carbocycles. The molecule has 2 aliphatic rings. The van der Waals surface area contributed by atoms with E-state index in [1.807, 2.05) is 4.90 Å². The minimum atomic E-state index is -0.647. The second-order valence-electron chi connectivity index (χ2n) is 8.96. The lowest BCUT2D eigenvalue weighted by Gasteiger charge is -2.36. The second kappa shape index (κ2) is 12.6. The van der Waals surface area contributed by atoms with Gasteiger partial charge in [0.25, 0.3) is 5.91 Å². The van der Waals surface area contributed by atoms with Gasteiger partial charge < -0.3 is 25.0 Å². The van der Waals surface area contributed by atoms with E-state index in [-0.39, 0.29) is 29.6 Å². The molecule has 0 aromatic heterocycles. The number of nitrogens with zero attached hydrogens (tertiary/aromatic N) is 1. The molecule has 2 fully saturated rings. The number of nitrogens with one attached hydrogen (secondary N) is 2. The maximum Gasteiger partial charge on any atom is 0.251 e. The molecule has 3 amide bonds. The number of amides is 3. The van der Waals surface area contributed by atoms with Gasteiger partial charge in [-0.15, -0.1) is 0 Å². The van der Waals surface area contributed by atoms with E-state index in [9.17, 15) is 14.4 Å². The normalized spacial score (nSPS) is 18.1. The molecule has 0 spiro atoms. The summed E-state index contributed by atoms with van der Waals surface area (Å²) in [6.45, 7) is 2.31. The molecule has 1 heterocycles. The number of piperidine rings is 1. The highest BCUT2D eigenvalue weighted by molar-refractivity contribution is 5.97. The molecule has 8 heteroatoms. The molecular weight excluding hydrogens is 422 g/mol. The van der Waals surface area contributed by atoms with Crippen molar-refractivity contribution in [2.45, 2.75) is 51.0 Å². The number of hydrogen-bond donors (Lipinski definition) is 2. The van der Waals surface area contributed by atoms with Crippen molar-refractivity contribution < 1.29 is 23.9 Å². The molecule has 8 nitrogen and oxygen atoms in total. The van der Waals surface area contributed by atoms with E-state index in [1.54, 1.807) is 38.5 Å². The van der Waals surface area contributed by atoms with Gasteiger partial charge in [-0.2, -0.15) is 0 Å². The topological polar surface area (TPSA) is 97.0 Å². The summed E-state index contributed by atoms with van der Waals surface area (Å²) < 4.78 is 10.2. The fourth-order valence-corrected chi connectivity index (χ4v) is 4.79. The van der Waals surface area contributed by atoms with Gasteiger partial charge in [0.05, 0.1) is 7.11 Å². The van der Waals surface area contributed by atoms with E-state index < -0.39 is 6.04 Å². The number of likely N-dealkylation sites (tertiary alicyclic amines) is 1. The summed E-state index contributed by atoms with van der Waals surface area (Å²) in [6, 6.07) is 6.17. The lowest BCUT2D eigenvalue weighted by atomic mass is 9.87. The van der Waals surface area contributed by atoms with Crippen LogP contribution in [0.3, 0.4) is 0 Å². The van der Waals surface area contributed by atoms with E-state index in [0.717, 1.165) is 25.7 Å². The lowest BCUT2D eigenvalue weighted by molar-refractivity contribution is -0.137. The van der Waals surface area contributed by atoms with Crippen molar-refractivity contribution in [3.63, 3.8) is 0 Å². The molecule has 1 aliphatic carbocycles. The first kappa shape index (κ1) is 25.0. The summed E-state index contributed by atoms with van der Waals surface area (Å²) in [5.74, 6) is 0.582. The summed E-state index contributed by atoms with van der Waals surface area (Å²) in [5.41, 5.74) is 0.474. The van der Waals surface area contributed by atoms with E-state index >= 15 is 0 Å². The molecule has 0 radical (unpaired) electrons. The van der Waals surface area contributed by atoms with Crippen molar-refractivity contribution in [3.05, 3.63) is 29.8 Å². The SMILES string of the molecule is COCCCNC(=O)C(NC(=O)c1ccc(OC)cc1)C1CCN(C(=O)C2CCCC2)CC1. The Morgan fingerprint density at radius 1 is 1.03 bits per heavy atom. The smallest absolute Gasteiger partial charge is 0.251 e. The number of rotatable bonds is 10. The Balaban J connectivity index is 1.62. The van der Waals surface area contributed by atoms with E-state index in [1.165, 1.54) is 0 Å². The van der Waals surface area contributed by atoms with Gasteiger partial charge in [0, 0.05) is 44.8 Å². The summed E-state index contributed by atoms with van der Waals surface area (Å²) in [5, 5.41) is 5.89. The summed E-state index contributed by atoms with van der Waals surface area (Å²) in [4.78, 5) is 40.7. The number of hydrogen-bond acceptors (Lipinski definition) is 5. The monoisotopic (exact) mass is 459 g/mol. The van der Waals surface area contributed by atoms with Crippen LogP contribution < -0.4 is 15.4 Å². The van der Waals surface area contributed by atoms with Crippen molar-refractivity contribution in [2.75, 3.05) is 40.5 Å². The van der Waals surface area contributed by atoms with Crippen LogP contribution in [0.1, 0.15) is 55.3 Å². The van der Waals surface area contributed by atoms with Gasteiger partial charge in [-0.05, 0) is 62.3 Å². The number of carbonyl (C=O) groups excluding carboxylic acids is 3. The number of ether oxygens (including phenoxy) is 2. The standard InChI is InChI=1S/C25H37N3O5/c1-32-17-5-14-26-24(30)22(27-23(29)19-8-10-21(33-2)11-9-19)18-12-15-28(16-13-18)25(31)20-6-3-4-7-20/h8-11,18,20,22H,3-7,12-17H2,1-2H3,(H,26,30)(H,27,29). The molecule has 182 valence electrons. The van der Waals surface area contributed by atoms with Crippen LogP contribution in [0, 0.1) is 11.8 Å². The predicted octanol–water partition coefficient (Wildman–Crippen LogP) is 2.38. The van der Waals surface area contributed by atoms with Crippen molar-refractivity contribution in [1.29, 1.82) is 0 Å². The largest absolute Gasteiger partial charge is 0.497 e. The molecule has 0 bridgehead atoms. The highest BCUT2D eigenvalue weighted by Gasteiger charge is 2.35. The summed E-state index contributed by atoms with van der Waals surface area (Å²) >= 11 is 0. The second-order valence-corrected chi connectivity index (χ2v) is 8.96. The first-order valence-electron chi connectivity index (χ1n) is 12.0. The molecule has 1 saturated heterocycles. The quantitative estimate of drug-likeness (QED) is 0.524. The van der Waals surface area contributed by atoms with Crippen molar-refractivity contribution >= 4 is 17.7 Å². The third kappa shape index (κ3) is 6.93. The minimum absolute atomic E-state index is 0.0257. The van der Waals surface area contributed by atoms with Crippen LogP contribution in [0.2, 0.25) is 0 Å². The Labute approximate surface area is 196 Å². The van der Waals surface area contributed by atoms with E-state index in [4.69, 9.17) is 9.47 Å². The zero-order chi connectivity index (χ0) is 23.6. The zero-order valence-corrected chi connectivity index (χ0v) is 19.8. The Morgan fingerprint density at radius 3 is 2.30 bits per heavy atom. The molecule has 33 heavy (non-hydrogen) atoms. The first-order valence-corrected chi connectivity index (χ1v) is 12.0. The molecule has 1 unspecified atom stereocenters. The van der Waals surface area contributed by atoms with Gasteiger partial charge in [0.2, 0.25) is 11.8 Å². The summed E-state index contributed by atoms with van der Waals surface area (Å²) in [6.07, 6.45) is 6.34. The lowest BCUT2D eigenvalue weighted by Crippen LogP contribution is -2.54. The maximum absolute atomic E-state index is 13.0. The summed E-state index contributed by atoms with van der Waals surface area (Å²) in [7, 11) is 3.20. The van der Waals surface area contributed by atoms with Crippen LogP contribution in [0.25, 0.3) is 0 Å². The van der Waals surface area contributed by atoms with Crippen molar-refractivity contribution in [3.8, 4) is 5.75 Å². The zero-order valence-electron chi connectivity index (χ0n) is 19.8. The molecule has 2 N–H and O–H groups in total. The van der Waals surface area contributed by atoms with Crippen LogP contribution in [0.15, 0.2) is 24.3 Å². The average molecular weight is 460 g/mol. The third-order valence-corrected chi connectivity index (χ3v) is 6.77. The average Bonchev–Trinajstić information content (AvgIpc) is 3.40. The molecule has 1 aromatic carbocycles. The Morgan fingerprint density at radius 2 is 1.70 bits per heavy atom. The minimum Gasteiger partial charge on any atom is -0.497 e. The van der Waals surface area contributed by atoms with Crippen LogP contribution >= 0.6 is 0 Å². The molecule has 1 aromatic rings. The van der Waals surface area contributed by atoms with E-state index in [0.29, 0.717) is 56.8 Å². The maximum atomic E-state index is 13.0. The van der Waals surface area contributed by atoms with E-state index in [2.05, 4.69) is 10.6 Å². The van der Waals surface area contributed by atoms with Gasteiger partial charge in [0.15, 0.2) is 0 Å². The van der Waals surface area contributed by atoms with Gasteiger partial charge in [-0.25, -0.2) is 0 Å². The molecule has 3 rings (SSSR count). The number of benzene rings is 1. The molecular formula is C25H37N3O5. The third-order valence-electron chi connectivity index (χ3n) is 6.77. The first-order chi connectivity index (χ1) is 16.0. The highest BCUT2D eigenvalue weighted by Crippen LogP contribution is 2.29. The van der Waals surface area contributed by atoms with Gasteiger partial charge in [0.1, 0.15) is 11.8 Å². The Kier molecular flexibility index (Phi) is 9.54. The van der Waals surface area contributed by atoms with Crippen LogP contribution in [-0.4, -0.2) is 69.1 Å². The molecule has 1 atom stereocenters. The highest BCUT2D eigenvalue weighted by atomic mass is 16.5. The van der Waals surface area contributed by atoms with Crippen LogP contribution in [-0.2, 0) is 14.3 Å². The van der Waals surface area contributed by atoms with Crippen LogP contribution in [0.4, 0.5) is 0 Å².